The van der Waals surface area contributed by atoms with Crippen LogP contribution in [0, 0.1) is 0 Å². The average molecular weight is 408 g/mol. The van der Waals surface area contributed by atoms with Crippen LogP contribution in [0.25, 0.3) is 0 Å². The van der Waals surface area contributed by atoms with Crippen LogP contribution in [0.1, 0.15) is 51.9 Å². The van der Waals surface area contributed by atoms with Crippen molar-refractivity contribution in [2.75, 3.05) is 24.5 Å². The smallest absolute Gasteiger partial charge is 0.240 e. The van der Waals surface area contributed by atoms with Gasteiger partial charge in [-0.3, -0.25) is 14.5 Å². The van der Waals surface area contributed by atoms with Gasteiger partial charge in [0.25, 0.3) is 0 Å². The van der Waals surface area contributed by atoms with Crippen LogP contribution in [0.5, 0.6) is 0 Å². The van der Waals surface area contributed by atoms with Gasteiger partial charge in [-0.1, -0.05) is 13.3 Å². The minimum absolute atomic E-state index is 0.139. The SMILES string of the molecule is CCC1CCCCN1CCCNS(=O)(=O)c1ccc(N2C(=O)CCC2=O)cc1. The van der Waals surface area contributed by atoms with Gasteiger partial charge < -0.3 is 4.90 Å². The number of nitrogens with zero attached hydrogens (tertiary/aromatic N) is 2. The Morgan fingerprint density at radius 3 is 2.39 bits per heavy atom. The molecule has 2 aliphatic heterocycles. The summed E-state index contributed by atoms with van der Waals surface area (Å²) in [5.74, 6) is -0.497. The van der Waals surface area contributed by atoms with Crippen molar-refractivity contribution in [2.45, 2.75) is 62.8 Å². The lowest BCUT2D eigenvalue weighted by atomic mass is 10.00. The molecule has 7 nitrogen and oxygen atoms in total. The van der Waals surface area contributed by atoms with Crippen LogP contribution in [-0.2, 0) is 19.6 Å². The first-order valence-electron chi connectivity index (χ1n) is 10.1. The molecule has 1 atom stereocenters. The van der Waals surface area contributed by atoms with E-state index in [1.165, 1.54) is 43.5 Å². The zero-order valence-corrected chi connectivity index (χ0v) is 17.2. The predicted molar refractivity (Wildman–Crippen MR) is 107 cm³/mol. The van der Waals surface area contributed by atoms with E-state index in [0.717, 1.165) is 30.8 Å². The predicted octanol–water partition coefficient (Wildman–Crippen LogP) is 2.27. The first-order valence-corrected chi connectivity index (χ1v) is 11.6. The molecule has 0 radical (unpaired) electrons. The second-order valence-corrected chi connectivity index (χ2v) is 9.23. The van der Waals surface area contributed by atoms with Gasteiger partial charge in [0.1, 0.15) is 0 Å². The zero-order chi connectivity index (χ0) is 20.1. The molecule has 1 N–H and O–H groups in total. The Kier molecular flexibility index (Phi) is 6.85. The van der Waals surface area contributed by atoms with E-state index >= 15 is 0 Å². The van der Waals surface area contributed by atoms with Crippen molar-refractivity contribution in [1.82, 2.24) is 9.62 Å². The standard InChI is InChI=1S/C20H29N3O4S/c1-2-16-6-3-4-14-22(16)15-5-13-21-28(26,27)18-9-7-17(8-10-18)23-19(24)11-12-20(23)25/h7-10,16,21H,2-6,11-15H2,1H3. The molecule has 1 aromatic rings. The van der Waals surface area contributed by atoms with Gasteiger partial charge >= 0.3 is 0 Å². The van der Waals surface area contributed by atoms with E-state index in [4.69, 9.17) is 0 Å². The first kappa shape index (κ1) is 21.0. The quantitative estimate of drug-likeness (QED) is 0.528. The summed E-state index contributed by atoms with van der Waals surface area (Å²) in [7, 11) is -3.61. The van der Waals surface area contributed by atoms with Crippen molar-refractivity contribution in [1.29, 1.82) is 0 Å². The van der Waals surface area contributed by atoms with Gasteiger partial charge in [-0.25, -0.2) is 13.1 Å². The van der Waals surface area contributed by atoms with E-state index in [1.807, 2.05) is 0 Å². The van der Waals surface area contributed by atoms with Crippen molar-refractivity contribution < 1.29 is 18.0 Å². The highest BCUT2D eigenvalue weighted by Gasteiger charge is 2.30. The number of carbonyl (C=O) groups excluding carboxylic acids is 2. The molecule has 0 spiro atoms. The summed E-state index contributed by atoms with van der Waals surface area (Å²) in [4.78, 5) is 27.3. The number of carbonyl (C=O) groups is 2. The van der Waals surface area contributed by atoms with Crippen molar-refractivity contribution in [2.24, 2.45) is 0 Å². The van der Waals surface area contributed by atoms with Gasteiger partial charge in [0.2, 0.25) is 21.8 Å². The summed E-state index contributed by atoms with van der Waals surface area (Å²) < 4.78 is 27.6. The lowest BCUT2D eigenvalue weighted by molar-refractivity contribution is -0.121. The third-order valence-electron chi connectivity index (χ3n) is 5.59. The minimum atomic E-state index is -3.61. The molecule has 0 saturated carbocycles. The highest BCUT2D eigenvalue weighted by Crippen LogP contribution is 2.24. The number of hydrogen-bond donors (Lipinski definition) is 1. The number of likely N-dealkylation sites (tertiary alicyclic amines) is 1. The van der Waals surface area contributed by atoms with E-state index in [2.05, 4.69) is 16.5 Å². The maximum atomic E-state index is 12.5. The number of anilines is 1. The van der Waals surface area contributed by atoms with Crippen LogP contribution >= 0.6 is 0 Å². The van der Waals surface area contributed by atoms with Gasteiger partial charge in [0.05, 0.1) is 10.6 Å². The number of hydrogen-bond acceptors (Lipinski definition) is 5. The highest BCUT2D eigenvalue weighted by molar-refractivity contribution is 7.89. The maximum Gasteiger partial charge on any atom is 0.240 e. The second-order valence-electron chi connectivity index (χ2n) is 7.46. The fourth-order valence-corrected chi connectivity index (χ4v) is 5.10. The lowest BCUT2D eigenvalue weighted by Gasteiger charge is -2.35. The Hall–Kier alpha value is -1.77. The Bertz CT molecular complexity index is 791. The first-order chi connectivity index (χ1) is 13.4. The fraction of sp³-hybridized carbons (Fsp3) is 0.600. The Morgan fingerprint density at radius 2 is 1.75 bits per heavy atom. The van der Waals surface area contributed by atoms with Gasteiger partial charge in [-0.05, 0) is 63.0 Å². The average Bonchev–Trinajstić information content (AvgIpc) is 3.04. The largest absolute Gasteiger partial charge is 0.300 e. The van der Waals surface area contributed by atoms with Crippen LogP contribution < -0.4 is 9.62 Å². The zero-order valence-electron chi connectivity index (χ0n) is 16.4. The molecule has 2 aliphatic rings. The molecule has 8 heteroatoms. The summed E-state index contributed by atoms with van der Waals surface area (Å²) in [6.07, 6.45) is 6.05. The number of benzene rings is 1. The second kappa shape index (κ2) is 9.15. The monoisotopic (exact) mass is 407 g/mol. The van der Waals surface area contributed by atoms with Crippen molar-refractivity contribution in [3.05, 3.63) is 24.3 Å². The molecule has 2 amide bonds. The van der Waals surface area contributed by atoms with E-state index in [-0.39, 0.29) is 29.6 Å². The van der Waals surface area contributed by atoms with Gasteiger partial charge in [-0.15, -0.1) is 0 Å². The molecule has 0 bridgehead atoms. The van der Waals surface area contributed by atoms with Gasteiger partial charge in [0, 0.05) is 25.4 Å². The molecule has 3 rings (SSSR count). The molecule has 2 heterocycles. The van der Waals surface area contributed by atoms with E-state index in [9.17, 15) is 18.0 Å². The molecule has 154 valence electrons. The number of sulfonamides is 1. The summed E-state index contributed by atoms with van der Waals surface area (Å²) >= 11 is 0. The Labute approximate surface area is 167 Å². The molecule has 1 unspecified atom stereocenters. The number of rotatable bonds is 8. The topological polar surface area (TPSA) is 86.8 Å². The molecule has 0 aromatic heterocycles. The van der Waals surface area contributed by atoms with Crippen LogP contribution in [0.2, 0.25) is 0 Å². The van der Waals surface area contributed by atoms with Crippen LogP contribution in [0.4, 0.5) is 5.69 Å². The molecule has 1 aromatic carbocycles. The number of imide groups is 1. The number of amides is 2. The number of piperidine rings is 1. The summed E-state index contributed by atoms with van der Waals surface area (Å²) in [5.41, 5.74) is 0.419. The van der Waals surface area contributed by atoms with Crippen LogP contribution in [0.15, 0.2) is 29.2 Å². The van der Waals surface area contributed by atoms with Crippen molar-refractivity contribution >= 4 is 27.5 Å². The third-order valence-corrected chi connectivity index (χ3v) is 7.07. The molecule has 28 heavy (non-hydrogen) atoms. The normalized spacial score (nSPS) is 21.5. The molecular weight excluding hydrogens is 378 g/mol. The molecule has 2 fully saturated rings. The van der Waals surface area contributed by atoms with E-state index in [1.54, 1.807) is 0 Å². The maximum absolute atomic E-state index is 12.5. The van der Waals surface area contributed by atoms with Crippen LogP contribution in [-0.4, -0.2) is 50.8 Å². The van der Waals surface area contributed by atoms with Gasteiger partial charge in [0.15, 0.2) is 0 Å². The van der Waals surface area contributed by atoms with Crippen LogP contribution in [0.3, 0.4) is 0 Å². The number of nitrogens with one attached hydrogen (secondary N) is 1. The minimum Gasteiger partial charge on any atom is -0.300 e. The summed E-state index contributed by atoms with van der Waals surface area (Å²) in [6.45, 7) is 4.60. The Morgan fingerprint density at radius 1 is 1.07 bits per heavy atom. The Balaban J connectivity index is 1.53. The van der Waals surface area contributed by atoms with Gasteiger partial charge in [-0.2, -0.15) is 0 Å². The highest BCUT2D eigenvalue weighted by atomic mass is 32.2. The van der Waals surface area contributed by atoms with Crippen molar-refractivity contribution in [3.63, 3.8) is 0 Å². The summed E-state index contributed by atoms with van der Waals surface area (Å²) in [5, 5.41) is 0. The molecule has 0 aliphatic carbocycles. The molecular formula is C20H29N3O4S. The van der Waals surface area contributed by atoms with Crippen molar-refractivity contribution in [3.8, 4) is 0 Å². The third kappa shape index (κ3) is 4.79. The lowest BCUT2D eigenvalue weighted by Crippen LogP contribution is -2.40. The summed E-state index contributed by atoms with van der Waals surface area (Å²) in [6, 6.07) is 6.52. The van der Waals surface area contributed by atoms with E-state index in [0.29, 0.717) is 18.3 Å². The fourth-order valence-electron chi connectivity index (χ4n) is 4.03. The van der Waals surface area contributed by atoms with E-state index < -0.39 is 10.0 Å². The molecule has 2 saturated heterocycles.